The van der Waals surface area contributed by atoms with Gasteiger partial charge in [-0.05, 0) is 78.8 Å². The van der Waals surface area contributed by atoms with Gasteiger partial charge in [0.2, 0.25) is 0 Å². The van der Waals surface area contributed by atoms with Crippen molar-refractivity contribution < 1.29 is 14.3 Å². The summed E-state index contributed by atoms with van der Waals surface area (Å²) in [5.41, 5.74) is 7.57. The molecular formula is C32H36N2O3. The molecule has 0 saturated heterocycles. The highest BCUT2D eigenvalue weighted by atomic mass is 16.5. The number of aldehydes is 1. The smallest absolute Gasteiger partial charge is 0.251 e. The van der Waals surface area contributed by atoms with Gasteiger partial charge in [0.15, 0.2) is 6.29 Å². The van der Waals surface area contributed by atoms with Crippen LogP contribution in [0.25, 0.3) is 10.9 Å². The molecule has 5 heteroatoms. The van der Waals surface area contributed by atoms with Crippen molar-refractivity contribution >= 4 is 23.1 Å². The largest absolute Gasteiger partial charge is 0.486 e. The maximum Gasteiger partial charge on any atom is 0.251 e. The molecule has 0 bridgehead atoms. The Morgan fingerprint density at radius 1 is 1.03 bits per heavy atom. The number of nitrogens with zero attached hydrogens (tertiary/aromatic N) is 1. The highest BCUT2D eigenvalue weighted by Crippen LogP contribution is 2.29. The summed E-state index contributed by atoms with van der Waals surface area (Å²) in [5, 5.41) is 4.22. The second-order valence-electron chi connectivity index (χ2n) is 10.7. The van der Waals surface area contributed by atoms with Gasteiger partial charge < -0.3 is 14.6 Å². The average molecular weight is 497 g/mol. The number of rotatable bonds is 8. The number of aromatic nitrogens is 1. The van der Waals surface area contributed by atoms with Gasteiger partial charge in [0.05, 0.1) is 6.04 Å². The topological polar surface area (TPSA) is 60.3 Å². The van der Waals surface area contributed by atoms with Crippen LogP contribution in [0.5, 0.6) is 5.75 Å². The third-order valence-electron chi connectivity index (χ3n) is 7.08. The van der Waals surface area contributed by atoms with Crippen LogP contribution >= 0.6 is 0 Å². The minimum atomic E-state index is -0.0987. The Hall–Kier alpha value is -3.86. The lowest BCUT2D eigenvalue weighted by atomic mass is 9.86. The number of nitrogens with one attached hydrogen (secondary N) is 1. The lowest BCUT2D eigenvalue weighted by Gasteiger charge is -2.20. The fourth-order valence-electron chi connectivity index (χ4n) is 4.68. The summed E-state index contributed by atoms with van der Waals surface area (Å²) in [6, 6.07) is 22.1. The Kier molecular flexibility index (Phi) is 7.53. The van der Waals surface area contributed by atoms with E-state index in [1.165, 1.54) is 5.56 Å². The average Bonchev–Trinajstić information content (AvgIpc) is 3.11. The summed E-state index contributed by atoms with van der Waals surface area (Å²) < 4.78 is 7.72. The molecule has 0 aliphatic rings. The van der Waals surface area contributed by atoms with Crippen LogP contribution in [0.1, 0.15) is 72.0 Å². The molecule has 0 saturated carbocycles. The number of carbonyl (C=O) groups is 2. The monoisotopic (exact) mass is 496 g/mol. The van der Waals surface area contributed by atoms with E-state index < -0.39 is 0 Å². The van der Waals surface area contributed by atoms with Crippen LogP contribution in [0.3, 0.4) is 0 Å². The van der Waals surface area contributed by atoms with E-state index in [1.807, 2.05) is 49.4 Å². The number of carbonyl (C=O) groups excluding carboxylic acids is 2. The van der Waals surface area contributed by atoms with Crippen LogP contribution in [0.15, 0.2) is 66.7 Å². The second kappa shape index (κ2) is 10.6. The number of fused-ring (bicyclic) bond motifs is 1. The van der Waals surface area contributed by atoms with E-state index in [-0.39, 0.29) is 24.0 Å². The lowest BCUT2D eigenvalue weighted by molar-refractivity contribution is -0.109. The normalized spacial score (nSPS) is 12.4. The maximum atomic E-state index is 13.2. The molecule has 37 heavy (non-hydrogen) atoms. The molecule has 1 aromatic heterocycles. The summed E-state index contributed by atoms with van der Waals surface area (Å²) in [6.45, 7) is 13.5. The van der Waals surface area contributed by atoms with Crippen molar-refractivity contribution in [1.82, 2.24) is 9.88 Å². The van der Waals surface area contributed by atoms with Crippen molar-refractivity contribution in [3.05, 3.63) is 100 Å². The first-order chi connectivity index (χ1) is 17.6. The van der Waals surface area contributed by atoms with Gasteiger partial charge in [-0.2, -0.15) is 0 Å². The molecule has 4 aromatic rings. The van der Waals surface area contributed by atoms with Gasteiger partial charge in [0.1, 0.15) is 12.4 Å². The highest BCUT2D eigenvalue weighted by molar-refractivity contribution is 5.99. The predicted octanol–water partition coefficient (Wildman–Crippen LogP) is 6.67. The zero-order valence-electron chi connectivity index (χ0n) is 22.6. The van der Waals surface area contributed by atoms with Gasteiger partial charge in [-0.15, -0.1) is 0 Å². The third-order valence-corrected chi connectivity index (χ3v) is 7.08. The van der Waals surface area contributed by atoms with Crippen molar-refractivity contribution in [3.63, 3.8) is 0 Å². The molecule has 0 spiro atoms. The molecule has 192 valence electrons. The van der Waals surface area contributed by atoms with Crippen LogP contribution in [0.4, 0.5) is 0 Å². The number of benzene rings is 3. The fraction of sp³-hybridized carbons (Fsp3) is 0.312. The standard InChI is InChI=1S/C32H36N2O3/c1-21-23(3)34(20-24-8-7-9-28(18-24)37-17-16-35)30-15-12-26(19-29(21)30)31(36)33-22(2)25-10-13-27(14-11-25)32(4,5)6/h7-16,18-19,22H,17,20H2,1-6H3,(H,33,36)/t22-/m0/s1. The van der Waals surface area contributed by atoms with Crippen molar-refractivity contribution in [2.24, 2.45) is 0 Å². The van der Waals surface area contributed by atoms with Crippen molar-refractivity contribution in [1.29, 1.82) is 0 Å². The first-order valence-electron chi connectivity index (χ1n) is 12.7. The third kappa shape index (κ3) is 5.77. The first-order valence-corrected chi connectivity index (χ1v) is 12.7. The van der Waals surface area contributed by atoms with E-state index in [0.29, 0.717) is 17.9 Å². The molecule has 4 rings (SSSR count). The molecule has 1 amide bonds. The van der Waals surface area contributed by atoms with Crippen LogP contribution in [-0.2, 0) is 16.8 Å². The van der Waals surface area contributed by atoms with Gasteiger partial charge in [-0.1, -0.05) is 57.2 Å². The Bertz CT molecular complexity index is 1430. The van der Waals surface area contributed by atoms with Gasteiger partial charge in [-0.25, -0.2) is 0 Å². The molecule has 1 atom stereocenters. The van der Waals surface area contributed by atoms with E-state index in [9.17, 15) is 9.59 Å². The number of ether oxygens (including phenoxy) is 1. The van der Waals surface area contributed by atoms with Crippen LogP contribution in [0.2, 0.25) is 0 Å². The zero-order chi connectivity index (χ0) is 26.7. The van der Waals surface area contributed by atoms with Gasteiger partial charge in [0, 0.05) is 28.7 Å². The molecule has 1 heterocycles. The first kappa shape index (κ1) is 26.2. The lowest BCUT2D eigenvalue weighted by Crippen LogP contribution is -2.26. The number of hydrogen-bond donors (Lipinski definition) is 1. The summed E-state index contributed by atoms with van der Waals surface area (Å²) in [5.74, 6) is 0.593. The molecule has 0 unspecified atom stereocenters. The minimum Gasteiger partial charge on any atom is -0.486 e. The SMILES string of the molecule is Cc1c(C)n(Cc2cccc(OCC=O)c2)c2ccc(C(=O)N[C@@H](C)c3ccc(C(C)(C)C)cc3)cc12. The molecule has 1 N–H and O–H groups in total. The molecule has 3 aromatic carbocycles. The predicted molar refractivity (Wildman–Crippen MR) is 150 cm³/mol. The Morgan fingerprint density at radius 3 is 2.43 bits per heavy atom. The zero-order valence-corrected chi connectivity index (χ0v) is 22.6. The fourth-order valence-corrected chi connectivity index (χ4v) is 4.68. The van der Waals surface area contributed by atoms with Crippen LogP contribution in [-0.4, -0.2) is 23.4 Å². The quantitative estimate of drug-likeness (QED) is 0.277. The Balaban J connectivity index is 1.54. The van der Waals surface area contributed by atoms with E-state index in [1.54, 1.807) is 0 Å². The van der Waals surface area contributed by atoms with Crippen LogP contribution in [0, 0.1) is 13.8 Å². The molecule has 0 radical (unpaired) electrons. The summed E-state index contributed by atoms with van der Waals surface area (Å²) in [4.78, 5) is 23.8. The van der Waals surface area contributed by atoms with Gasteiger partial charge >= 0.3 is 0 Å². The van der Waals surface area contributed by atoms with Crippen molar-refractivity contribution in [2.45, 2.75) is 59.5 Å². The van der Waals surface area contributed by atoms with Gasteiger partial charge in [0.25, 0.3) is 5.91 Å². The molecule has 0 aliphatic heterocycles. The Labute approximate surface area is 219 Å². The number of amides is 1. The molecular weight excluding hydrogens is 460 g/mol. The van der Waals surface area contributed by atoms with E-state index in [2.05, 4.69) is 68.8 Å². The van der Waals surface area contributed by atoms with Gasteiger partial charge in [-0.3, -0.25) is 9.59 Å². The Morgan fingerprint density at radius 2 is 1.76 bits per heavy atom. The maximum absolute atomic E-state index is 13.2. The highest BCUT2D eigenvalue weighted by Gasteiger charge is 2.18. The minimum absolute atomic E-state index is 0.0414. The molecule has 0 aliphatic carbocycles. The van der Waals surface area contributed by atoms with E-state index in [0.717, 1.165) is 39.6 Å². The van der Waals surface area contributed by atoms with Crippen molar-refractivity contribution in [2.75, 3.05) is 6.61 Å². The summed E-state index contributed by atoms with van der Waals surface area (Å²) in [7, 11) is 0. The molecule has 0 fully saturated rings. The van der Waals surface area contributed by atoms with E-state index in [4.69, 9.17) is 4.74 Å². The summed E-state index contributed by atoms with van der Waals surface area (Å²) in [6.07, 6.45) is 0.747. The number of aryl methyl sites for hydroxylation is 1. The van der Waals surface area contributed by atoms with E-state index >= 15 is 0 Å². The van der Waals surface area contributed by atoms with Crippen LogP contribution < -0.4 is 10.1 Å². The number of hydrogen-bond acceptors (Lipinski definition) is 3. The summed E-state index contributed by atoms with van der Waals surface area (Å²) >= 11 is 0. The molecule has 5 nitrogen and oxygen atoms in total. The van der Waals surface area contributed by atoms with Crippen molar-refractivity contribution in [3.8, 4) is 5.75 Å². The second-order valence-corrected chi connectivity index (χ2v) is 10.7.